The van der Waals surface area contributed by atoms with Crippen molar-refractivity contribution in [2.45, 2.75) is 38.8 Å². The second-order valence-electron chi connectivity index (χ2n) is 4.14. The first-order valence-corrected chi connectivity index (χ1v) is 4.40. The van der Waals surface area contributed by atoms with Crippen molar-refractivity contribution >= 4 is 6.09 Å². The van der Waals surface area contributed by atoms with Crippen LogP contribution < -0.4 is 0 Å². The molecule has 0 spiro atoms. The first-order chi connectivity index (χ1) is 5.94. The Kier molecular flexibility index (Phi) is 2.51. The zero-order valence-electron chi connectivity index (χ0n) is 8.33. The Morgan fingerprint density at radius 2 is 2.23 bits per heavy atom. The molecule has 0 aromatic heterocycles. The summed E-state index contributed by atoms with van der Waals surface area (Å²) in [7, 11) is 0. The van der Waals surface area contributed by atoms with Gasteiger partial charge in [-0.1, -0.05) is 5.92 Å². The third-order valence-corrected chi connectivity index (χ3v) is 1.84. The number of carbonyl (C=O) groups excluding carboxylic acids is 1. The fraction of sp³-hybridized carbons (Fsp3) is 0.700. The fourth-order valence-electron chi connectivity index (χ4n) is 1.10. The van der Waals surface area contributed by atoms with Gasteiger partial charge in [-0.05, 0) is 27.2 Å². The van der Waals surface area contributed by atoms with E-state index >= 15 is 0 Å². The van der Waals surface area contributed by atoms with Crippen LogP contribution >= 0.6 is 0 Å². The SMILES string of the molecule is C#C[C@@H]1CCN1C(=O)OC(C)(C)C. The van der Waals surface area contributed by atoms with Gasteiger partial charge in [0.2, 0.25) is 0 Å². The highest BCUT2D eigenvalue weighted by molar-refractivity contribution is 5.70. The molecule has 0 saturated carbocycles. The largest absolute Gasteiger partial charge is 0.444 e. The Bertz CT molecular complexity index is 247. The van der Waals surface area contributed by atoms with Crippen LogP contribution in [-0.4, -0.2) is 29.2 Å². The van der Waals surface area contributed by atoms with Gasteiger partial charge in [0.15, 0.2) is 0 Å². The topological polar surface area (TPSA) is 29.5 Å². The summed E-state index contributed by atoms with van der Waals surface area (Å²) in [6.45, 7) is 6.24. The maximum atomic E-state index is 11.4. The Labute approximate surface area is 79.1 Å². The molecule has 1 heterocycles. The average Bonchev–Trinajstić information content (AvgIpc) is 1.80. The molecule has 0 aliphatic carbocycles. The number of terminal acetylenes is 1. The predicted molar refractivity (Wildman–Crippen MR) is 50.2 cm³/mol. The van der Waals surface area contributed by atoms with E-state index in [9.17, 15) is 4.79 Å². The van der Waals surface area contributed by atoms with Crippen LogP contribution in [0.3, 0.4) is 0 Å². The number of likely N-dealkylation sites (tertiary alicyclic amines) is 1. The highest BCUT2D eigenvalue weighted by atomic mass is 16.6. The normalized spacial score (nSPS) is 21.7. The highest BCUT2D eigenvalue weighted by Crippen LogP contribution is 2.20. The van der Waals surface area contributed by atoms with E-state index in [0.29, 0.717) is 6.54 Å². The second-order valence-corrected chi connectivity index (χ2v) is 4.14. The molecule has 13 heavy (non-hydrogen) atoms. The fourth-order valence-corrected chi connectivity index (χ4v) is 1.10. The summed E-state index contributed by atoms with van der Waals surface area (Å²) in [5.74, 6) is 2.54. The van der Waals surface area contributed by atoms with Gasteiger partial charge in [0, 0.05) is 6.54 Å². The number of ether oxygens (including phenoxy) is 1. The van der Waals surface area contributed by atoms with Crippen LogP contribution in [0.2, 0.25) is 0 Å². The second kappa shape index (κ2) is 3.29. The van der Waals surface area contributed by atoms with Gasteiger partial charge < -0.3 is 4.74 Å². The third kappa shape index (κ3) is 2.38. The van der Waals surface area contributed by atoms with E-state index in [-0.39, 0.29) is 12.1 Å². The first kappa shape index (κ1) is 9.91. The number of carbonyl (C=O) groups is 1. The molecule has 1 fully saturated rings. The Balaban J connectivity index is 2.46. The average molecular weight is 181 g/mol. The van der Waals surface area contributed by atoms with Gasteiger partial charge in [0.1, 0.15) is 5.60 Å². The smallest absolute Gasteiger partial charge is 0.411 e. The third-order valence-electron chi connectivity index (χ3n) is 1.84. The molecule has 72 valence electrons. The summed E-state index contributed by atoms with van der Waals surface area (Å²) >= 11 is 0. The van der Waals surface area contributed by atoms with Gasteiger partial charge in [-0.2, -0.15) is 0 Å². The van der Waals surface area contributed by atoms with Crippen LogP contribution in [0.4, 0.5) is 4.79 Å². The predicted octanol–water partition coefficient (Wildman–Crippen LogP) is 1.63. The van der Waals surface area contributed by atoms with Gasteiger partial charge in [0.25, 0.3) is 0 Å². The van der Waals surface area contributed by atoms with Crippen LogP contribution in [0.5, 0.6) is 0 Å². The van der Waals surface area contributed by atoms with Crippen molar-refractivity contribution in [3.8, 4) is 12.3 Å². The molecule has 0 bridgehead atoms. The van der Waals surface area contributed by atoms with E-state index in [2.05, 4.69) is 5.92 Å². The minimum atomic E-state index is -0.439. The molecule has 1 saturated heterocycles. The van der Waals surface area contributed by atoms with E-state index in [1.807, 2.05) is 20.8 Å². The zero-order valence-corrected chi connectivity index (χ0v) is 8.33. The molecule has 1 aliphatic rings. The molecular weight excluding hydrogens is 166 g/mol. The molecule has 1 amide bonds. The van der Waals surface area contributed by atoms with Crippen LogP contribution in [0, 0.1) is 12.3 Å². The lowest BCUT2D eigenvalue weighted by Crippen LogP contribution is -2.51. The molecule has 0 N–H and O–H groups in total. The number of amides is 1. The summed E-state index contributed by atoms with van der Waals surface area (Å²) < 4.78 is 5.17. The first-order valence-electron chi connectivity index (χ1n) is 4.40. The molecular formula is C10H15NO2. The minimum Gasteiger partial charge on any atom is -0.444 e. The van der Waals surface area contributed by atoms with Crippen molar-refractivity contribution in [2.24, 2.45) is 0 Å². The summed E-state index contributed by atoms with van der Waals surface area (Å²) in [4.78, 5) is 13.0. The van der Waals surface area contributed by atoms with Gasteiger partial charge in [0.05, 0.1) is 6.04 Å². The van der Waals surface area contributed by atoms with Crippen LogP contribution in [0.25, 0.3) is 0 Å². The molecule has 0 radical (unpaired) electrons. The Morgan fingerprint density at radius 1 is 1.62 bits per heavy atom. The standard InChI is InChI=1S/C10H15NO2/c1-5-8-6-7-11(8)9(12)13-10(2,3)4/h1,8H,6-7H2,2-4H3/t8-/m1/s1. The van der Waals surface area contributed by atoms with E-state index in [1.165, 1.54) is 0 Å². The molecule has 0 unspecified atom stereocenters. The van der Waals surface area contributed by atoms with Crippen molar-refractivity contribution in [3.05, 3.63) is 0 Å². The maximum absolute atomic E-state index is 11.4. The van der Waals surface area contributed by atoms with E-state index in [0.717, 1.165) is 6.42 Å². The summed E-state index contributed by atoms with van der Waals surface area (Å²) in [5, 5.41) is 0. The van der Waals surface area contributed by atoms with E-state index in [4.69, 9.17) is 11.2 Å². The molecule has 0 aromatic carbocycles. The monoisotopic (exact) mass is 181 g/mol. The Hall–Kier alpha value is -1.17. The highest BCUT2D eigenvalue weighted by Gasteiger charge is 2.33. The van der Waals surface area contributed by atoms with Crippen molar-refractivity contribution in [1.29, 1.82) is 0 Å². The van der Waals surface area contributed by atoms with Crippen molar-refractivity contribution in [2.75, 3.05) is 6.54 Å². The van der Waals surface area contributed by atoms with Crippen molar-refractivity contribution in [3.63, 3.8) is 0 Å². The summed E-state index contributed by atoms with van der Waals surface area (Å²) in [6, 6.07) is -0.0603. The maximum Gasteiger partial charge on any atom is 0.411 e. The van der Waals surface area contributed by atoms with Crippen LogP contribution in [0.1, 0.15) is 27.2 Å². The molecule has 1 atom stereocenters. The van der Waals surface area contributed by atoms with Gasteiger partial charge in [-0.25, -0.2) is 4.79 Å². The van der Waals surface area contributed by atoms with Crippen molar-refractivity contribution in [1.82, 2.24) is 4.90 Å². The summed E-state index contributed by atoms with van der Waals surface area (Å²) in [6.07, 6.45) is 5.81. The molecule has 0 aromatic rings. The number of hydrogen-bond acceptors (Lipinski definition) is 2. The molecule has 3 nitrogen and oxygen atoms in total. The molecule has 1 rings (SSSR count). The zero-order chi connectivity index (χ0) is 10.1. The van der Waals surface area contributed by atoms with Gasteiger partial charge in [-0.15, -0.1) is 6.42 Å². The van der Waals surface area contributed by atoms with E-state index in [1.54, 1.807) is 4.90 Å². The number of hydrogen-bond donors (Lipinski definition) is 0. The summed E-state index contributed by atoms with van der Waals surface area (Å²) in [5.41, 5.74) is -0.439. The van der Waals surface area contributed by atoms with Crippen LogP contribution in [-0.2, 0) is 4.74 Å². The van der Waals surface area contributed by atoms with Crippen molar-refractivity contribution < 1.29 is 9.53 Å². The number of rotatable bonds is 0. The quantitative estimate of drug-likeness (QED) is 0.531. The van der Waals surface area contributed by atoms with E-state index < -0.39 is 5.60 Å². The molecule has 3 heteroatoms. The molecule has 1 aliphatic heterocycles. The van der Waals surface area contributed by atoms with Gasteiger partial charge >= 0.3 is 6.09 Å². The Morgan fingerprint density at radius 3 is 2.54 bits per heavy atom. The minimum absolute atomic E-state index is 0.0603. The lowest BCUT2D eigenvalue weighted by Gasteiger charge is -2.38. The van der Waals surface area contributed by atoms with Gasteiger partial charge in [-0.3, -0.25) is 4.90 Å². The lowest BCUT2D eigenvalue weighted by atomic mass is 10.1. The lowest BCUT2D eigenvalue weighted by molar-refractivity contribution is 0.00420. The van der Waals surface area contributed by atoms with Crippen LogP contribution in [0.15, 0.2) is 0 Å². The number of nitrogens with zero attached hydrogens (tertiary/aromatic N) is 1.